The Bertz CT molecular complexity index is 688. The average Bonchev–Trinajstić information content (AvgIpc) is 2.98. The van der Waals surface area contributed by atoms with Gasteiger partial charge in [-0.3, -0.25) is 9.78 Å². The zero-order valence-corrected chi connectivity index (χ0v) is 9.33. The lowest BCUT2D eigenvalue weighted by Gasteiger charge is -1.90. The van der Waals surface area contributed by atoms with E-state index in [0.29, 0.717) is 10.3 Å². The number of thiazole rings is 1. The summed E-state index contributed by atoms with van der Waals surface area (Å²) in [6.07, 6.45) is 1.47. The fourth-order valence-corrected chi connectivity index (χ4v) is 2.15. The molecular weight excluding hydrogens is 241 g/mol. The van der Waals surface area contributed by atoms with E-state index in [1.165, 1.54) is 23.6 Å². The molecule has 0 saturated carbocycles. The highest BCUT2D eigenvalue weighted by molar-refractivity contribution is 7.11. The van der Waals surface area contributed by atoms with E-state index in [1.807, 2.05) is 0 Å². The van der Waals surface area contributed by atoms with Gasteiger partial charge in [-0.15, -0.1) is 11.3 Å². The average molecular weight is 247 g/mol. The van der Waals surface area contributed by atoms with Crippen LogP contribution in [0.25, 0.3) is 11.0 Å². The van der Waals surface area contributed by atoms with E-state index in [0.717, 1.165) is 0 Å². The number of halogens is 1. The van der Waals surface area contributed by atoms with Crippen LogP contribution >= 0.6 is 11.3 Å². The topological polar surface area (TPSA) is 43.1 Å². The van der Waals surface area contributed by atoms with Crippen molar-refractivity contribution in [1.29, 1.82) is 0 Å². The molecule has 0 fully saturated rings. The molecule has 0 aliphatic rings. The first-order chi connectivity index (χ1) is 8.25. The van der Waals surface area contributed by atoms with E-state index in [-0.39, 0.29) is 17.1 Å². The third-order valence-electron chi connectivity index (χ3n) is 2.38. The first-order valence-electron chi connectivity index (χ1n) is 4.87. The van der Waals surface area contributed by atoms with E-state index >= 15 is 0 Å². The Morgan fingerprint density at radius 3 is 3.00 bits per heavy atom. The second-order valence-corrected chi connectivity index (χ2v) is 4.35. The summed E-state index contributed by atoms with van der Waals surface area (Å²) in [5.74, 6) is -0.608. The molecule has 5 heteroatoms. The van der Waals surface area contributed by atoms with Crippen LogP contribution in [0, 0.1) is 5.82 Å². The summed E-state index contributed by atoms with van der Waals surface area (Å²) < 4.78 is 18.6. The molecule has 0 radical (unpaired) electrons. The number of ketones is 1. The zero-order valence-electron chi connectivity index (χ0n) is 8.51. The summed E-state index contributed by atoms with van der Waals surface area (Å²) in [5, 5.41) is 0.581. The molecule has 3 rings (SSSR count). The molecule has 0 saturated heterocycles. The SMILES string of the molecule is O=C(c1cc2cccc(F)c2o1)c1cncs1. The molecule has 84 valence electrons. The van der Waals surface area contributed by atoms with Gasteiger partial charge in [-0.25, -0.2) is 4.39 Å². The number of nitrogens with zero attached hydrogens (tertiary/aromatic N) is 1. The number of hydrogen-bond donors (Lipinski definition) is 0. The van der Waals surface area contributed by atoms with Crippen molar-refractivity contribution in [3.63, 3.8) is 0 Å². The molecule has 17 heavy (non-hydrogen) atoms. The highest BCUT2D eigenvalue weighted by Crippen LogP contribution is 2.24. The lowest BCUT2D eigenvalue weighted by Crippen LogP contribution is -1.95. The Labute approximate surface area is 99.5 Å². The summed E-state index contributed by atoms with van der Waals surface area (Å²) in [7, 11) is 0. The van der Waals surface area contributed by atoms with Gasteiger partial charge >= 0.3 is 0 Å². The van der Waals surface area contributed by atoms with E-state index in [9.17, 15) is 9.18 Å². The van der Waals surface area contributed by atoms with Crippen LogP contribution in [0.15, 0.2) is 40.4 Å². The monoisotopic (exact) mass is 247 g/mol. The number of aromatic nitrogens is 1. The lowest BCUT2D eigenvalue weighted by atomic mass is 10.2. The molecule has 0 aliphatic heterocycles. The van der Waals surface area contributed by atoms with E-state index in [2.05, 4.69) is 4.98 Å². The predicted molar refractivity (Wildman–Crippen MR) is 61.7 cm³/mol. The molecule has 0 unspecified atom stereocenters. The van der Waals surface area contributed by atoms with Gasteiger partial charge in [0.2, 0.25) is 5.78 Å². The van der Waals surface area contributed by atoms with Gasteiger partial charge in [0.1, 0.15) is 0 Å². The molecule has 3 nitrogen and oxygen atoms in total. The minimum Gasteiger partial charge on any atom is -0.449 e. The number of fused-ring (bicyclic) bond motifs is 1. The Hall–Kier alpha value is -2.01. The molecule has 3 aromatic rings. The molecule has 0 aliphatic carbocycles. The quantitative estimate of drug-likeness (QED) is 0.653. The predicted octanol–water partition coefficient (Wildman–Crippen LogP) is 3.26. The molecule has 0 atom stereocenters. The smallest absolute Gasteiger partial charge is 0.239 e. The minimum atomic E-state index is -0.467. The van der Waals surface area contributed by atoms with Crippen LogP contribution in [0.2, 0.25) is 0 Å². The van der Waals surface area contributed by atoms with Gasteiger partial charge < -0.3 is 4.42 Å². The number of carbonyl (C=O) groups excluding carboxylic acids is 1. The number of carbonyl (C=O) groups is 1. The van der Waals surface area contributed by atoms with Crippen molar-refractivity contribution in [2.75, 3.05) is 0 Å². The summed E-state index contributed by atoms with van der Waals surface area (Å²) in [4.78, 5) is 16.2. The maximum Gasteiger partial charge on any atom is 0.239 e. The summed E-state index contributed by atoms with van der Waals surface area (Å²) in [6, 6.07) is 6.12. The van der Waals surface area contributed by atoms with Crippen molar-refractivity contribution in [2.24, 2.45) is 0 Å². The van der Waals surface area contributed by atoms with Crippen LogP contribution in [0.5, 0.6) is 0 Å². The standard InChI is InChI=1S/C12H6FNO2S/c13-8-3-1-2-7-4-9(16-12(7)8)11(15)10-5-14-6-17-10/h1-6H. The van der Waals surface area contributed by atoms with Crippen LogP contribution in [0.4, 0.5) is 4.39 Å². The van der Waals surface area contributed by atoms with Crippen LogP contribution in [0.1, 0.15) is 15.4 Å². The van der Waals surface area contributed by atoms with Gasteiger partial charge in [0.25, 0.3) is 0 Å². The van der Waals surface area contributed by atoms with Crippen molar-refractivity contribution >= 4 is 28.1 Å². The van der Waals surface area contributed by atoms with Gasteiger partial charge in [0.05, 0.1) is 10.4 Å². The maximum atomic E-state index is 13.4. The Balaban J connectivity index is 2.13. The van der Waals surface area contributed by atoms with Gasteiger partial charge in [-0.1, -0.05) is 12.1 Å². The molecule has 0 spiro atoms. The highest BCUT2D eigenvalue weighted by Gasteiger charge is 2.17. The van der Waals surface area contributed by atoms with Crippen molar-refractivity contribution in [2.45, 2.75) is 0 Å². The van der Waals surface area contributed by atoms with Crippen molar-refractivity contribution in [3.8, 4) is 0 Å². The molecule has 2 aromatic heterocycles. The Morgan fingerprint density at radius 1 is 1.41 bits per heavy atom. The number of hydrogen-bond acceptors (Lipinski definition) is 4. The van der Waals surface area contributed by atoms with E-state index in [1.54, 1.807) is 23.7 Å². The van der Waals surface area contributed by atoms with E-state index < -0.39 is 5.82 Å². The fraction of sp³-hybridized carbons (Fsp3) is 0. The second-order valence-electron chi connectivity index (χ2n) is 3.46. The van der Waals surface area contributed by atoms with Crippen molar-refractivity contribution in [3.05, 3.63) is 52.4 Å². The van der Waals surface area contributed by atoms with Crippen LogP contribution in [-0.2, 0) is 0 Å². The summed E-state index contributed by atoms with van der Waals surface area (Å²) in [6.45, 7) is 0. The number of para-hydroxylation sites is 1. The Morgan fingerprint density at radius 2 is 2.29 bits per heavy atom. The largest absolute Gasteiger partial charge is 0.449 e. The van der Waals surface area contributed by atoms with Crippen LogP contribution < -0.4 is 0 Å². The molecule has 2 heterocycles. The second kappa shape index (κ2) is 3.78. The Kier molecular flexibility index (Phi) is 2.26. The van der Waals surface area contributed by atoms with Crippen LogP contribution in [-0.4, -0.2) is 10.8 Å². The van der Waals surface area contributed by atoms with Gasteiger partial charge in [-0.2, -0.15) is 0 Å². The van der Waals surface area contributed by atoms with Crippen molar-refractivity contribution < 1.29 is 13.6 Å². The maximum absolute atomic E-state index is 13.4. The van der Waals surface area contributed by atoms with E-state index in [4.69, 9.17) is 4.42 Å². The van der Waals surface area contributed by atoms with Crippen molar-refractivity contribution in [1.82, 2.24) is 4.98 Å². The third-order valence-corrected chi connectivity index (χ3v) is 3.15. The first kappa shape index (κ1) is 10.2. The third kappa shape index (κ3) is 1.64. The van der Waals surface area contributed by atoms with Gasteiger partial charge in [0.15, 0.2) is 17.2 Å². The van der Waals surface area contributed by atoms with Gasteiger partial charge in [0, 0.05) is 11.6 Å². The number of rotatable bonds is 2. The number of benzene rings is 1. The van der Waals surface area contributed by atoms with Crippen LogP contribution in [0.3, 0.4) is 0 Å². The van der Waals surface area contributed by atoms with Gasteiger partial charge in [-0.05, 0) is 12.1 Å². The minimum absolute atomic E-state index is 0.111. The first-order valence-corrected chi connectivity index (χ1v) is 5.75. The fourth-order valence-electron chi connectivity index (χ4n) is 1.59. The molecular formula is C12H6FNO2S. The lowest BCUT2D eigenvalue weighted by molar-refractivity contribution is 0.101. The molecule has 0 amide bonds. The number of furan rings is 1. The highest BCUT2D eigenvalue weighted by atomic mass is 32.1. The molecule has 0 N–H and O–H groups in total. The summed E-state index contributed by atoms with van der Waals surface area (Å²) >= 11 is 1.23. The normalized spacial score (nSPS) is 10.9. The summed E-state index contributed by atoms with van der Waals surface area (Å²) in [5.41, 5.74) is 1.68. The molecule has 0 bridgehead atoms. The zero-order chi connectivity index (χ0) is 11.8. The molecule has 1 aromatic carbocycles.